The second-order valence-electron chi connectivity index (χ2n) is 4.87. The summed E-state index contributed by atoms with van der Waals surface area (Å²) in [5, 5.41) is 5.18. The predicted octanol–water partition coefficient (Wildman–Crippen LogP) is 4.29. The third-order valence-electron chi connectivity index (χ3n) is 3.20. The van der Waals surface area contributed by atoms with Gasteiger partial charge in [0.2, 0.25) is 0 Å². The Kier molecular flexibility index (Phi) is 6.17. The molecule has 0 amide bonds. The Morgan fingerprint density at radius 3 is 2.81 bits per heavy atom. The fourth-order valence-corrected chi connectivity index (χ4v) is 3.86. The van der Waals surface area contributed by atoms with E-state index in [9.17, 15) is 0 Å². The maximum Gasteiger partial charge on any atom is 0.0847 e. The van der Waals surface area contributed by atoms with Crippen LogP contribution < -0.4 is 5.73 Å². The molecular weight excluding hydrogens is 370 g/mol. The summed E-state index contributed by atoms with van der Waals surface area (Å²) in [4.78, 5) is 1.21. The zero-order valence-corrected chi connectivity index (χ0v) is 15.3. The molecule has 0 saturated heterocycles. The van der Waals surface area contributed by atoms with E-state index in [-0.39, 0.29) is 6.04 Å². The summed E-state index contributed by atoms with van der Waals surface area (Å²) < 4.78 is 3.05. The summed E-state index contributed by atoms with van der Waals surface area (Å²) in [7, 11) is 0. The second-order valence-corrected chi connectivity index (χ2v) is 7.16. The topological polar surface area (TPSA) is 43.8 Å². The van der Waals surface area contributed by atoms with E-state index in [2.05, 4.69) is 34.0 Å². The molecular formula is C15H19BrClN3S. The maximum atomic E-state index is 6.33. The maximum absolute atomic E-state index is 6.33. The van der Waals surface area contributed by atoms with Gasteiger partial charge in [-0.2, -0.15) is 5.10 Å². The molecule has 0 aliphatic heterocycles. The van der Waals surface area contributed by atoms with Gasteiger partial charge in [-0.25, -0.2) is 0 Å². The number of hydrogen-bond acceptors (Lipinski definition) is 3. The molecule has 2 aromatic rings. The van der Waals surface area contributed by atoms with Crippen LogP contribution in [0.1, 0.15) is 18.3 Å². The van der Waals surface area contributed by atoms with Crippen LogP contribution in [-0.4, -0.2) is 21.6 Å². The number of aromatic nitrogens is 2. The van der Waals surface area contributed by atoms with Crippen LogP contribution in [0.5, 0.6) is 0 Å². The highest BCUT2D eigenvalue weighted by Crippen LogP contribution is 2.28. The lowest BCUT2D eigenvalue weighted by atomic mass is 10.2. The molecule has 2 N–H and O–H groups in total. The van der Waals surface area contributed by atoms with E-state index in [4.69, 9.17) is 17.3 Å². The summed E-state index contributed by atoms with van der Waals surface area (Å²) in [6, 6.07) is 8.22. The van der Waals surface area contributed by atoms with Gasteiger partial charge < -0.3 is 5.73 Å². The van der Waals surface area contributed by atoms with Crippen molar-refractivity contribution in [2.45, 2.75) is 37.8 Å². The van der Waals surface area contributed by atoms with E-state index in [0.717, 1.165) is 39.6 Å². The van der Waals surface area contributed by atoms with Gasteiger partial charge in [0.15, 0.2) is 0 Å². The molecule has 1 heterocycles. The number of benzene rings is 1. The van der Waals surface area contributed by atoms with Crippen LogP contribution in [-0.2, 0) is 13.0 Å². The smallest absolute Gasteiger partial charge is 0.0847 e. The van der Waals surface area contributed by atoms with E-state index in [1.54, 1.807) is 11.8 Å². The number of hydrogen-bond donors (Lipinski definition) is 1. The number of nitrogens with two attached hydrogens (primary N) is 1. The zero-order valence-electron chi connectivity index (χ0n) is 12.1. The molecule has 2 rings (SSSR count). The lowest BCUT2D eigenvalue weighted by Crippen LogP contribution is -2.27. The molecule has 1 aromatic heterocycles. The number of rotatable bonds is 6. The lowest BCUT2D eigenvalue weighted by Gasteiger charge is -2.13. The lowest BCUT2D eigenvalue weighted by molar-refractivity contribution is 0.594. The molecule has 0 aliphatic carbocycles. The molecule has 1 atom stereocenters. The monoisotopic (exact) mass is 387 g/mol. The third-order valence-corrected chi connectivity index (χ3v) is 5.91. The summed E-state index contributed by atoms with van der Waals surface area (Å²) in [5.74, 6) is 0.840. The third kappa shape index (κ3) is 4.25. The first-order valence-electron chi connectivity index (χ1n) is 6.87. The van der Waals surface area contributed by atoms with Crippen molar-refractivity contribution in [2.75, 3.05) is 5.75 Å². The molecule has 0 radical (unpaired) electrons. The average molecular weight is 389 g/mol. The van der Waals surface area contributed by atoms with Crippen LogP contribution in [0, 0.1) is 6.92 Å². The highest BCUT2D eigenvalue weighted by Gasteiger charge is 2.16. The molecule has 1 unspecified atom stereocenters. The Bertz CT molecular complexity index is 615. The molecule has 0 fully saturated rings. The molecule has 114 valence electrons. The Hall–Kier alpha value is -0.490. The van der Waals surface area contributed by atoms with E-state index in [1.165, 1.54) is 4.90 Å². The predicted molar refractivity (Wildman–Crippen MR) is 94.2 cm³/mol. The molecule has 0 bridgehead atoms. The van der Waals surface area contributed by atoms with Gasteiger partial charge in [-0.1, -0.05) is 23.7 Å². The first kappa shape index (κ1) is 16.9. The molecule has 6 heteroatoms. The van der Waals surface area contributed by atoms with Crippen molar-refractivity contribution in [3.05, 3.63) is 45.1 Å². The number of nitrogens with zero attached hydrogens (tertiary/aromatic N) is 2. The zero-order chi connectivity index (χ0) is 15.4. The van der Waals surface area contributed by atoms with Crippen molar-refractivity contribution >= 4 is 39.3 Å². The Morgan fingerprint density at radius 1 is 1.43 bits per heavy atom. The van der Waals surface area contributed by atoms with Crippen LogP contribution in [0.3, 0.4) is 0 Å². The normalized spacial score (nSPS) is 12.6. The van der Waals surface area contributed by atoms with Gasteiger partial charge in [0.25, 0.3) is 0 Å². The van der Waals surface area contributed by atoms with E-state index >= 15 is 0 Å². The summed E-state index contributed by atoms with van der Waals surface area (Å²) in [5.41, 5.74) is 8.18. The summed E-state index contributed by atoms with van der Waals surface area (Å²) in [6.45, 7) is 4.81. The number of thioether (sulfide) groups is 1. The Morgan fingerprint density at radius 2 is 2.14 bits per heavy atom. The van der Waals surface area contributed by atoms with Gasteiger partial charge >= 0.3 is 0 Å². The van der Waals surface area contributed by atoms with Crippen molar-refractivity contribution in [3.8, 4) is 0 Å². The second kappa shape index (κ2) is 7.68. The van der Waals surface area contributed by atoms with E-state index in [1.807, 2.05) is 29.8 Å². The van der Waals surface area contributed by atoms with Crippen LogP contribution >= 0.6 is 39.3 Å². The van der Waals surface area contributed by atoms with Crippen molar-refractivity contribution in [1.29, 1.82) is 0 Å². The van der Waals surface area contributed by atoms with Crippen LogP contribution in [0.2, 0.25) is 5.02 Å². The Labute approximate surface area is 143 Å². The molecule has 0 saturated carbocycles. The fraction of sp³-hybridized carbons (Fsp3) is 0.400. The molecule has 0 aliphatic rings. The highest BCUT2D eigenvalue weighted by atomic mass is 79.9. The first-order valence-corrected chi connectivity index (χ1v) is 9.03. The minimum Gasteiger partial charge on any atom is -0.327 e. The fourth-order valence-electron chi connectivity index (χ4n) is 2.13. The van der Waals surface area contributed by atoms with Crippen LogP contribution in [0.25, 0.3) is 0 Å². The van der Waals surface area contributed by atoms with Gasteiger partial charge in [0.1, 0.15) is 0 Å². The van der Waals surface area contributed by atoms with E-state index < -0.39 is 0 Å². The van der Waals surface area contributed by atoms with Gasteiger partial charge in [0.05, 0.1) is 16.4 Å². The molecule has 0 spiro atoms. The average Bonchev–Trinajstić information content (AvgIpc) is 2.74. The number of aryl methyl sites for hydroxylation is 2. The minimum absolute atomic E-state index is 0.0426. The van der Waals surface area contributed by atoms with Crippen molar-refractivity contribution in [2.24, 2.45) is 5.73 Å². The SMILES string of the molecule is CCn1nc(C)c(Cl)c1CC(N)CSc1ccccc1Br. The van der Waals surface area contributed by atoms with Gasteiger partial charge in [0, 0.05) is 34.1 Å². The first-order chi connectivity index (χ1) is 10.0. The Balaban J connectivity index is 1.99. The summed E-state index contributed by atoms with van der Waals surface area (Å²) >= 11 is 11.6. The van der Waals surface area contributed by atoms with Gasteiger partial charge in [-0.15, -0.1) is 11.8 Å². The highest BCUT2D eigenvalue weighted by molar-refractivity contribution is 9.10. The minimum atomic E-state index is 0.0426. The largest absolute Gasteiger partial charge is 0.327 e. The van der Waals surface area contributed by atoms with Crippen molar-refractivity contribution in [3.63, 3.8) is 0 Å². The van der Waals surface area contributed by atoms with Crippen LogP contribution in [0.15, 0.2) is 33.6 Å². The number of halogens is 2. The molecule has 21 heavy (non-hydrogen) atoms. The molecule has 3 nitrogen and oxygen atoms in total. The van der Waals surface area contributed by atoms with Crippen LogP contribution in [0.4, 0.5) is 0 Å². The van der Waals surface area contributed by atoms with Crippen molar-refractivity contribution < 1.29 is 0 Å². The standard InChI is InChI=1S/C15H19BrClN3S/c1-3-20-13(15(17)10(2)19-20)8-11(18)9-21-14-7-5-4-6-12(14)16/h4-7,11H,3,8-9,18H2,1-2H3. The van der Waals surface area contributed by atoms with Crippen molar-refractivity contribution in [1.82, 2.24) is 9.78 Å². The summed E-state index contributed by atoms with van der Waals surface area (Å²) in [6.07, 6.45) is 0.741. The van der Waals surface area contributed by atoms with Gasteiger partial charge in [-0.3, -0.25) is 4.68 Å². The quantitative estimate of drug-likeness (QED) is 0.751. The molecule has 1 aromatic carbocycles. The van der Waals surface area contributed by atoms with E-state index in [0.29, 0.717) is 0 Å². The van der Waals surface area contributed by atoms with Gasteiger partial charge in [-0.05, 0) is 41.9 Å².